The summed E-state index contributed by atoms with van der Waals surface area (Å²) in [5, 5.41) is 8.00. The van der Waals surface area contributed by atoms with Crippen LogP contribution in [0.1, 0.15) is 36.2 Å². The zero-order valence-corrected chi connectivity index (χ0v) is 13.4. The van der Waals surface area contributed by atoms with Crippen LogP contribution in [-0.4, -0.2) is 34.1 Å². The SMILES string of the molecule is CCc1ccc(C(=O)NC(CC)COC)cc1S(N)(=O)=O. The van der Waals surface area contributed by atoms with Crippen molar-refractivity contribution in [2.24, 2.45) is 5.14 Å². The molecule has 21 heavy (non-hydrogen) atoms. The molecule has 3 N–H and O–H groups in total. The van der Waals surface area contributed by atoms with Crippen molar-refractivity contribution in [3.05, 3.63) is 29.3 Å². The highest BCUT2D eigenvalue weighted by Crippen LogP contribution is 2.17. The molecule has 1 amide bonds. The number of nitrogens with two attached hydrogens (primary N) is 1. The molecule has 1 rings (SSSR count). The van der Waals surface area contributed by atoms with Crippen LogP contribution in [0.4, 0.5) is 0 Å². The predicted molar refractivity (Wildman–Crippen MR) is 80.6 cm³/mol. The molecule has 0 bridgehead atoms. The summed E-state index contributed by atoms with van der Waals surface area (Å²) in [5.74, 6) is -0.341. The van der Waals surface area contributed by atoms with Gasteiger partial charge in [0.1, 0.15) is 0 Å². The van der Waals surface area contributed by atoms with Crippen LogP contribution in [0.25, 0.3) is 0 Å². The third-order valence-electron chi connectivity index (χ3n) is 3.21. The first-order valence-electron chi connectivity index (χ1n) is 6.79. The van der Waals surface area contributed by atoms with E-state index in [2.05, 4.69) is 5.32 Å². The molecule has 1 atom stereocenters. The summed E-state index contributed by atoms with van der Waals surface area (Å²) in [4.78, 5) is 12.2. The van der Waals surface area contributed by atoms with Crippen molar-refractivity contribution < 1.29 is 17.9 Å². The predicted octanol–water partition coefficient (Wildman–Crippen LogP) is 1.05. The van der Waals surface area contributed by atoms with Gasteiger partial charge in [0.25, 0.3) is 5.91 Å². The number of aryl methyl sites for hydroxylation is 1. The fraction of sp³-hybridized carbons (Fsp3) is 0.500. The molecule has 1 aromatic rings. The number of rotatable bonds is 7. The number of amides is 1. The number of benzene rings is 1. The summed E-state index contributed by atoms with van der Waals surface area (Å²) in [6.07, 6.45) is 1.24. The molecule has 0 heterocycles. The smallest absolute Gasteiger partial charge is 0.251 e. The molecule has 6 nitrogen and oxygen atoms in total. The molecule has 0 saturated heterocycles. The van der Waals surface area contributed by atoms with Crippen LogP contribution in [0.15, 0.2) is 23.1 Å². The Morgan fingerprint density at radius 2 is 2.05 bits per heavy atom. The lowest BCUT2D eigenvalue weighted by Crippen LogP contribution is -2.37. The van der Waals surface area contributed by atoms with Crippen molar-refractivity contribution in [3.8, 4) is 0 Å². The summed E-state index contributed by atoms with van der Waals surface area (Å²) < 4.78 is 28.2. The van der Waals surface area contributed by atoms with E-state index in [9.17, 15) is 13.2 Å². The van der Waals surface area contributed by atoms with Gasteiger partial charge >= 0.3 is 0 Å². The lowest BCUT2D eigenvalue weighted by molar-refractivity contribution is 0.0894. The van der Waals surface area contributed by atoms with Gasteiger partial charge in [0.15, 0.2) is 0 Å². The van der Waals surface area contributed by atoms with Gasteiger partial charge < -0.3 is 10.1 Å². The molecule has 7 heteroatoms. The van der Waals surface area contributed by atoms with Gasteiger partial charge in [-0.2, -0.15) is 0 Å². The number of carbonyl (C=O) groups excluding carboxylic acids is 1. The fourth-order valence-electron chi connectivity index (χ4n) is 1.98. The standard InChI is InChI=1S/C14H22N2O4S/c1-4-10-6-7-11(8-13(10)21(15,18)19)14(17)16-12(5-2)9-20-3/h6-8,12H,4-5,9H2,1-3H3,(H,16,17)(H2,15,18,19). The maximum atomic E-state index is 12.2. The topological polar surface area (TPSA) is 98.5 Å². The fourth-order valence-corrected chi connectivity index (χ4v) is 2.85. The number of nitrogens with one attached hydrogen (secondary N) is 1. The van der Waals surface area contributed by atoms with Crippen molar-refractivity contribution in [1.82, 2.24) is 5.32 Å². The Morgan fingerprint density at radius 1 is 1.38 bits per heavy atom. The minimum atomic E-state index is -3.85. The average Bonchev–Trinajstić information content (AvgIpc) is 2.44. The first kappa shape index (κ1) is 17.6. The van der Waals surface area contributed by atoms with Crippen molar-refractivity contribution in [3.63, 3.8) is 0 Å². The Hall–Kier alpha value is -1.44. The summed E-state index contributed by atoms with van der Waals surface area (Å²) in [6.45, 7) is 4.16. The number of ether oxygens (including phenoxy) is 1. The highest BCUT2D eigenvalue weighted by molar-refractivity contribution is 7.89. The third-order valence-corrected chi connectivity index (χ3v) is 4.21. The third kappa shape index (κ3) is 4.80. The van der Waals surface area contributed by atoms with E-state index in [1.807, 2.05) is 13.8 Å². The second-order valence-electron chi connectivity index (χ2n) is 4.76. The molecule has 0 aromatic heterocycles. The quantitative estimate of drug-likeness (QED) is 0.786. The molecular formula is C14H22N2O4S. The van der Waals surface area contributed by atoms with E-state index in [1.165, 1.54) is 6.07 Å². The number of carbonyl (C=O) groups is 1. The lowest BCUT2D eigenvalue weighted by Gasteiger charge is -2.16. The highest BCUT2D eigenvalue weighted by atomic mass is 32.2. The van der Waals surface area contributed by atoms with E-state index in [0.717, 1.165) is 0 Å². The van der Waals surface area contributed by atoms with Crippen molar-refractivity contribution in [2.75, 3.05) is 13.7 Å². The first-order valence-corrected chi connectivity index (χ1v) is 8.33. The number of hydrogen-bond donors (Lipinski definition) is 2. The number of primary sulfonamides is 1. The van der Waals surface area contributed by atoms with E-state index in [0.29, 0.717) is 25.0 Å². The molecular weight excluding hydrogens is 292 g/mol. The molecule has 0 radical (unpaired) electrons. The van der Waals surface area contributed by atoms with Crippen molar-refractivity contribution in [2.45, 2.75) is 37.6 Å². The average molecular weight is 314 g/mol. The molecule has 0 aliphatic rings. The Kier molecular flexibility index (Phi) is 6.32. The summed E-state index contributed by atoms with van der Waals surface area (Å²) in [5.41, 5.74) is 0.865. The van der Waals surface area contributed by atoms with E-state index in [4.69, 9.17) is 9.88 Å². The van der Waals surface area contributed by atoms with Crippen LogP contribution in [0.2, 0.25) is 0 Å². The lowest BCUT2D eigenvalue weighted by atomic mass is 10.1. The minimum Gasteiger partial charge on any atom is -0.383 e. The minimum absolute atomic E-state index is 0.00237. The van der Waals surface area contributed by atoms with Gasteiger partial charge in [-0.1, -0.05) is 19.9 Å². The Balaban J connectivity index is 3.06. The van der Waals surface area contributed by atoms with Crippen LogP contribution >= 0.6 is 0 Å². The largest absolute Gasteiger partial charge is 0.383 e. The van der Waals surface area contributed by atoms with Crippen LogP contribution in [0.5, 0.6) is 0 Å². The summed E-state index contributed by atoms with van der Waals surface area (Å²) >= 11 is 0. The molecule has 1 aromatic carbocycles. The summed E-state index contributed by atoms with van der Waals surface area (Å²) in [7, 11) is -2.29. The van der Waals surface area contributed by atoms with Gasteiger partial charge in [0.05, 0.1) is 17.5 Å². The van der Waals surface area contributed by atoms with Gasteiger partial charge in [-0.25, -0.2) is 13.6 Å². The molecule has 0 saturated carbocycles. The molecule has 0 spiro atoms. The maximum absolute atomic E-state index is 12.2. The second kappa shape index (κ2) is 7.53. The van der Waals surface area contributed by atoms with E-state index in [1.54, 1.807) is 19.2 Å². The normalized spacial score (nSPS) is 13.0. The molecule has 0 aliphatic carbocycles. The van der Waals surface area contributed by atoms with Crippen LogP contribution in [0, 0.1) is 0 Å². The highest BCUT2D eigenvalue weighted by Gasteiger charge is 2.18. The van der Waals surface area contributed by atoms with Gasteiger partial charge in [-0.15, -0.1) is 0 Å². The van der Waals surface area contributed by atoms with Crippen LogP contribution in [0.3, 0.4) is 0 Å². The molecule has 118 valence electrons. The molecule has 0 fully saturated rings. The van der Waals surface area contributed by atoms with Crippen LogP contribution in [-0.2, 0) is 21.2 Å². The molecule has 0 aliphatic heterocycles. The monoisotopic (exact) mass is 314 g/mol. The Morgan fingerprint density at radius 3 is 2.52 bits per heavy atom. The molecule has 1 unspecified atom stereocenters. The van der Waals surface area contributed by atoms with Crippen LogP contribution < -0.4 is 10.5 Å². The Labute approximate surface area is 125 Å². The first-order chi connectivity index (χ1) is 9.83. The number of sulfonamides is 1. The zero-order chi connectivity index (χ0) is 16.0. The second-order valence-corrected chi connectivity index (χ2v) is 6.28. The van der Waals surface area contributed by atoms with E-state index >= 15 is 0 Å². The van der Waals surface area contributed by atoms with Gasteiger partial charge in [-0.3, -0.25) is 4.79 Å². The maximum Gasteiger partial charge on any atom is 0.251 e. The van der Waals surface area contributed by atoms with Gasteiger partial charge in [0, 0.05) is 12.7 Å². The Bertz CT molecular complexity index is 599. The zero-order valence-electron chi connectivity index (χ0n) is 12.5. The number of hydrogen-bond acceptors (Lipinski definition) is 4. The van der Waals surface area contributed by atoms with Gasteiger partial charge in [-0.05, 0) is 30.5 Å². The van der Waals surface area contributed by atoms with Crippen molar-refractivity contribution >= 4 is 15.9 Å². The van der Waals surface area contributed by atoms with Crippen molar-refractivity contribution in [1.29, 1.82) is 0 Å². The van der Waals surface area contributed by atoms with E-state index < -0.39 is 10.0 Å². The summed E-state index contributed by atoms with van der Waals surface area (Å²) in [6, 6.07) is 4.42. The van der Waals surface area contributed by atoms with Gasteiger partial charge in [0.2, 0.25) is 10.0 Å². The van der Waals surface area contributed by atoms with E-state index in [-0.39, 0.29) is 22.4 Å². The number of methoxy groups -OCH3 is 1.